The van der Waals surface area contributed by atoms with E-state index in [1.807, 2.05) is 0 Å². The molecule has 1 aromatic rings. The molecule has 15 heavy (non-hydrogen) atoms. The van der Waals surface area contributed by atoms with E-state index in [1.165, 1.54) is 0 Å². The molecule has 1 unspecified atom stereocenters. The summed E-state index contributed by atoms with van der Waals surface area (Å²) >= 11 is 0. The van der Waals surface area contributed by atoms with Crippen molar-refractivity contribution in [2.24, 2.45) is 0 Å². The second-order valence-corrected chi connectivity index (χ2v) is 2.83. The van der Waals surface area contributed by atoms with Crippen LogP contribution in [0, 0.1) is 22.7 Å². The van der Waals surface area contributed by atoms with E-state index < -0.39 is 0 Å². The van der Waals surface area contributed by atoms with Gasteiger partial charge >= 0.3 is 0 Å². The monoisotopic (exact) mass is 218 g/mol. The van der Waals surface area contributed by atoms with Gasteiger partial charge in [-0.05, 0) is 24.3 Å². The van der Waals surface area contributed by atoms with Gasteiger partial charge in [0.1, 0.15) is 17.9 Å². The first kappa shape index (κ1) is 11.0. The van der Waals surface area contributed by atoms with Gasteiger partial charge in [-0.15, -0.1) is 0 Å². The van der Waals surface area contributed by atoms with Crippen LogP contribution in [0.4, 0.5) is 0 Å². The summed E-state index contributed by atoms with van der Waals surface area (Å²) in [5.74, 6) is 0.280. The highest BCUT2D eigenvalue weighted by Crippen LogP contribution is 2.20. The lowest BCUT2D eigenvalue weighted by molar-refractivity contribution is 0.509. The first-order valence-electron chi connectivity index (χ1n) is 3.93. The third-order valence-electron chi connectivity index (χ3n) is 1.72. The number of nitrogens with zero attached hydrogens (tertiary/aromatic N) is 2. The molecule has 0 aliphatic carbocycles. The number of rotatable bonds is 2. The number of benzene rings is 1. The van der Waals surface area contributed by atoms with E-state index in [2.05, 4.69) is 9.47 Å². The molecule has 74 valence electrons. The average Bonchev–Trinajstić information content (AvgIpc) is 2.30. The molecule has 0 spiro atoms. The molecule has 1 rings (SSSR count). The maximum atomic E-state index is 9.53. The Morgan fingerprint density at radius 3 is 2.13 bits per heavy atom. The number of hydrogen-bond acceptors (Lipinski definition) is 4. The van der Waals surface area contributed by atoms with E-state index >= 15 is 0 Å². The Bertz CT molecular complexity index is 450. The molecule has 1 N–H and O–H groups in total. The highest BCUT2D eigenvalue weighted by Gasteiger charge is 2.06. The molecule has 5 heteroatoms. The zero-order valence-corrected chi connectivity index (χ0v) is 8.79. The van der Waals surface area contributed by atoms with Crippen molar-refractivity contribution in [3.8, 4) is 17.9 Å². The van der Waals surface area contributed by atoms with E-state index in [0.717, 1.165) is 0 Å². The van der Waals surface area contributed by atoms with Crippen molar-refractivity contribution >= 4 is 15.2 Å². The smallest absolute Gasteiger partial charge is 0.171 e. The van der Waals surface area contributed by atoms with E-state index in [4.69, 9.17) is 15.0 Å². The van der Waals surface area contributed by atoms with Crippen LogP contribution in [-0.4, -0.2) is 5.11 Å². The van der Waals surface area contributed by atoms with E-state index in [-0.39, 0.29) is 11.3 Å². The molecule has 0 radical (unpaired) electrons. The Morgan fingerprint density at radius 2 is 1.73 bits per heavy atom. The Hall–Kier alpha value is -2.03. The summed E-state index contributed by atoms with van der Waals surface area (Å²) in [7, 11) is 2.09. The minimum atomic E-state index is -0.324. The quantitative estimate of drug-likeness (QED) is 0.468. The Balaban J connectivity index is 3.14. The standard InChI is InChI=1S/C10H7N2O2P/c11-5-8(6-12)10(13)7-1-3-9(14-15)4-2-7/h1-4,13H,15H2. The molecule has 1 atom stereocenters. The van der Waals surface area contributed by atoms with Gasteiger partial charge in [0.2, 0.25) is 0 Å². The van der Waals surface area contributed by atoms with Gasteiger partial charge in [0.15, 0.2) is 11.3 Å². The summed E-state index contributed by atoms with van der Waals surface area (Å²) in [6.07, 6.45) is 0. The lowest BCUT2D eigenvalue weighted by Gasteiger charge is -2.01. The summed E-state index contributed by atoms with van der Waals surface area (Å²) in [5.41, 5.74) is 0.0911. The van der Waals surface area contributed by atoms with Crippen LogP contribution in [0.3, 0.4) is 0 Å². The largest absolute Gasteiger partial charge is 0.505 e. The van der Waals surface area contributed by atoms with Crippen LogP contribution >= 0.6 is 9.47 Å². The molecule has 0 saturated carbocycles. The van der Waals surface area contributed by atoms with Crippen molar-refractivity contribution in [1.82, 2.24) is 0 Å². The summed E-state index contributed by atoms with van der Waals surface area (Å²) in [6.45, 7) is 0. The van der Waals surface area contributed by atoms with E-state index in [9.17, 15) is 5.11 Å². The van der Waals surface area contributed by atoms with E-state index in [1.54, 1.807) is 36.4 Å². The minimum Gasteiger partial charge on any atom is -0.505 e. The van der Waals surface area contributed by atoms with Crippen LogP contribution in [0.2, 0.25) is 0 Å². The topological polar surface area (TPSA) is 77.0 Å². The number of allylic oxidation sites excluding steroid dienone is 1. The molecule has 0 amide bonds. The fourth-order valence-electron chi connectivity index (χ4n) is 0.967. The van der Waals surface area contributed by atoms with Gasteiger partial charge in [-0.2, -0.15) is 10.5 Å². The summed E-state index contributed by atoms with van der Waals surface area (Å²) < 4.78 is 4.85. The van der Waals surface area contributed by atoms with Gasteiger partial charge in [0.05, 0.1) is 9.47 Å². The van der Waals surface area contributed by atoms with E-state index in [0.29, 0.717) is 11.3 Å². The lowest BCUT2D eigenvalue weighted by atomic mass is 10.1. The number of nitriles is 2. The molecule has 1 aromatic carbocycles. The van der Waals surface area contributed by atoms with Gasteiger partial charge in [-0.25, -0.2) is 0 Å². The Kier molecular flexibility index (Phi) is 3.68. The Labute approximate surface area is 89.3 Å². The average molecular weight is 218 g/mol. The third-order valence-corrected chi connectivity index (χ3v) is 2.00. The number of hydrogen-bond donors (Lipinski definition) is 1. The van der Waals surface area contributed by atoms with Crippen molar-refractivity contribution in [2.45, 2.75) is 0 Å². The van der Waals surface area contributed by atoms with Gasteiger partial charge in [0, 0.05) is 5.56 Å². The van der Waals surface area contributed by atoms with Gasteiger partial charge in [-0.3, -0.25) is 0 Å². The van der Waals surface area contributed by atoms with Crippen LogP contribution in [0.5, 0.6) is 5.75 Å². The summed E-state index contributed by atoms with van der Waals surface area (Å²) in [6, 6.07) is 9.57. The summed E-state index contributed by atoms with van der Waals surface area (Å²) in [5, 5.41) is 26.6. The lowest BCUT2D eigenvalue weighted by Crippen LogP contribution is -1.87. The van der Waals surface area contributed by atoms with Crippen molar-refractivity contribution in [1.29, 1.82) is 10.5 Å². The van der Waals surface area contributed by atoms with Gasteiger partial charge < -0.3 is 9.63 Å². The second-order valence-electron chi connectivity index (χ2n) is 2.59. The predicted octanol–water partition coefficient (Wildman–Crippen LogP) is 2.17. The molecule has 0 aliphatic heterocycles. The molecule has 0 heterocycles. The normalized spacial score (nSPS) is 8.47. The van der Waals surface area contributed by atoms with Crippen molar-refractivity contribution in [3.05, 3.63) is 35.4 Å². The Morgan fingerprint density at radius 1 is 1.20 bits per heavy atom. The summed E-state index contributed by atoms with van der Waals surface area (Å²) in [4.78, 5) is 0. The SMILES string of the molecule is N#CC(C#N)=C(O)c1ccc(OP)cc1. The van der Waals surface area contributed by atoms with Crippen LogP contribution in [0.15, 0.2) is 29.8 Å². The molecule has 0 saturated heterocycles. The second kappa shape index (κ2) is 5.00. The van der Waals surface area contributed by atoms with Crippen molar-refractivity contribution in [2.75, 3.05) is 0 Å². The van der Waals surface area contributed by atoms with Crippen LogP contribution < -0.4 is 4.52 Å². The fraction of sp³-hybridized carbons (Fsp3) is 0. The predicted molar refractivity (Wildman–Crippen MR) is 57.6 cm³/mol. The maximum absolute atomic E-state index is 9.53. The highest BCUT2D eigenvalue weighted by molar-refractivity contribution is 7.10. The van der Waals surface area contributed by atoms with Crippen molar-refractivity contribution < 1.29 is 9.63 Å². The number of aliphatic hydroxyl groups excluding tert-OH is 1. The minimum absolute atomic E-state index is 0.311. The van der Waals surface area contributed by atoms with Gasteiger partial charge in [-0.1, -0.05) is 0 Å². The van der Waals surface area contributed by atoms with Gasteiger partial charge in [0.25, 0.3) is 0 Å². The highest BCUT2D eigenvalue weighted by atomic mass is 31.0. The maximum Gasteiger partial charge on any atom is 0.171 e. The number of aliphatic hydroxyl groups is 1. The molecule has 4 nitrogen and oxygen atoms in total. The fourth-order valence-corrected chi connectivity index (χ4v) is 1.12. The van der Waals surface area contributed by atoms with Crippen LogP contribution in [-0.2, 0) is 0 Å². The van der Waals surface area contributed by atoms with Crippen molar-refractivity contribution in [3.63, 3.8) is 0 Å². The third kappa shape index (κ3) is 2.47. The molecule has 0 aliphatic rings. The van der Waals surface area contributed by atoms with Crippen LogP contribution in [0.25, 0.3) is 5.76 Å². The molecular formula is C10H7N2O2P. The molecule has 0 bridgehead atoms. The molecule has 0 aromatic heterocycles. The zero-order valence-electron chi connectivity index (χ0n) is 7.64. The van der Waals surface area contributed by atoms with Crippen LogP contribution in [0.1, 0.15) is 5.56 Å². The molecule has 0 fully saturated rings. The molecular weight excluding hydrogens is 211 g/mol. The zero-order chi connectivity index (χ0) is 11.3. The first-order valence-corrected chi connectivity index (χ1v) is 4.40. The first-order chi connectivity index (χ1) is 7.22.